The lowest BCUT2D eigenvalue weighted by molar-refractivity contribution is 0.00578. The van der Waals surface area contributed by atoms with Gasteiger partial charge in [0.2, 0.25) is 0 Å². The highest BCUT2D eigenvalue weighted by Crippen LogP contribution is 2.37. The SMILES string of the molecule is CC1(C)OB(c2ccc(-c3nc(-c4ccccc4)nc(-c4ccc(-c5cccc6ccccc56)cc4)n3)cc2)OC1(C)C. The van der Waals surface area contributed by atoms with Crippen LogP contribution in [0, 0.1) is 0 Å². The van der Waals surface area contributed by atoms with Crippen molar-refractivity contribution in [1.82, 2.24) is 15.0 Å². The van der Waals surface area contributed by atoms with Crippen LogP contribution >= 0.6 is 0 Å². The Hall–Kier alpha value is -4.65. The molecular weight excluding hydrogens is 529 g/mol. The van der Waals surface area contributed by atoms with Crippen molar-refractivity contribution in [2.75, 3.05) is 0 Å². The number of nitrogens with zero attached hydrogens (tertiary/aromatic N) is 3. The van der Waals surface area contributed by atoms with Gasteiger partial charge in [0.15, 0.2) is 17.5 Å². The average Bonchev–Trinajstić information content (AvgIpc) is 3.27. The van der Waals surface area contributed by atoms with Crippen LogP contribution in [0.4, 0.5) is 0 Å². The van der Waals surface area contributed by atoms with Crippen molar-refractivity contribution < 1.29 is 9.31 Å². The second-order valence-corrected chi connectivity index (χ2v) is 12.0. The summed E-state index contributed by atoms with van der Waals surface area (Å²) in [5.41, 5.74) is 5.29. The Morgan fingerprint density at radius 2 is 0.930 bits per heavy atom. The summed E-state index contributed by atoms with van der Waals surface area (Å²) in [5.74, 6) is 1.87. The zero-order valence-corrected chi connectivity index (χ0v) is 24.8. The summed E-state index contributed by atoms with van der Waals surface area (Å²) >= 11 is 0. The molecule has 43 heavy (non-hydrogen) atoms. The highest BCUT2D eigenvalue weighted by molar-refractivity contribution is 6.62. The predicted molar refractivity (Wildman–Crippen MR) is 175 cm³/mol. The van der Waals surface area contributed by atoms with Crippen molar-refractivity contribution in [3.05, 3.63) is 121 Å². The molecule has 0 N–H and O–H groups in total. The third-order valence-corrected chi connectivity index (χ3v) is 8.61. The maximum atomic E-state index is 6.25. The van der Waals surface area contributed by atoms with Gasteiger partial charge in [-0.2, -0.15) is 0 Å². The number of hydrogen-bond acceptors (Lipinski definition) is 5. The minimum Gasteiger partial charge on any atom is -0.399 e. The van der Waals surface area contributed by atoms with Gasteiger partial charge in [-0.15, -0.1) is 0 Å². The molecule has 1 aliphatic rings. The van der Waals surface area contributed by atoms with E-state index < -0.39 is 18.3 Å². The lowest BCUT2D eigenvalue weighted by Crippen LogP contribution is -2.41. The Bertz CT molecular complexity index is 1900. The van der Waals surface area contributed by atoms with E-state index in [0.717, 1.165) is 27.7 Å². The lowest BCUT2D eigenvalue weighted by atomic mass is 9.79. The summed E-state index contributed by atoms with van der Waals surface area (Å²) in [6, 6.07) is 41.5. The Balaban J connectivity index is 1.25. The van der Waals surface area contributed by atoms with E-state index in [1.165, 1.54) is 16.3 Å². The van der Waals surface area contributed by atoms with Crippen LogP contribution in [-0.2, 0) is 9.31 Å². The van der Waals surface area contributed by atoms with Crippen LogP contribution in [0.5, 0.6) is 0 Å². The molecule has 0 unspecified atom stereocenters. The second kappa shape index (κ2) is 10.6. The third-order valence-electron chi connectivity index (χ3n) is 8.61. The largest absolute Gasteiger partial charge is 0.494 e. The van der Waals surface area contributed by atoms with Crippen molar-refractivity contribution in [2.24, 2.45) is 0 Å². The summed E-state index contributed by atoms with van der Waals surface area (Å²) in [7, 11) is -0.423. The van der Waals surface area contributed by atoms with Gasteiger partial charge < -0.3 is 9.31 Å². The minimum atomic E-state index is -0.423. The molecule has 1 aromatic heterocycles. The first kappa shape index (κ1) is 27.2. The Kier molecular flexibility index (Phi) is 6.68. The normalized spacial score (nSPS) is 15.6. The number of hydrogen-bond donors (Lipinski definition) is 0. The molecular formula is C37H32BN3O2. The first-order valence-electron chi connectivity index (χ1n) is 14.6. The summed E-state index contributed by atoms with van der Waals surface area (Å²) in [6.45, 7) is 8.25. The van der Waals surface area contributed by atoms with Crippen molar-refractivity contribution in [1.29, 1.82) is 0 Å². The first-order valence-corrected chi connectivity index (χ1v) is 14.6. The number of fused-ring (bicyclic) bond motifs is 1. The molecule has 5 nitrogen and oxygen atoms in total. The lowest BCUT2D eigenvalue weighted by Gasteiger charge is -2.32. The van der Waals surface area contributed by atoms with E-state index in [1.54, 1.807) is 0 Å². The topological polar surface area (TPSA) is 57.1 Å². The summed E-state index contributed by atoms with van der Waals surface area (Å²) < 4.78 is 12.5. The molecule has 1 aliphatic heterocycles. The van der Waals surface area contributed by atoms with Crippen molar-refractivity contribution in [2.45, 2.75) is 38.9 Å². The fourth-order valence-corrected chi connectivity index (χ4v) is 5.39. The van der Waals surface area contributed by atoms with E-state index in [9.17, 15) is 0 Å². The molecule has 2 heterocycles. The quantitative estimate of drug-likeness (QED) is 0.200. The van der Waals surface area contributed by atoms with Gasteiger partial charge in [-0.25, -0.2) is 15.0 Å². The van der Waals surface area contributed by atoms with Crippen LogP contribution in [0.2, 0.25) is 0 Å². The van der Waals surface area contributed by atoms with Crippen LogP contribution in [0.15, 0.2) is 121 Å². The smallest absolute Gasteiger partial charge is 0.399 e. The van der Waals surface area contributed by atoms with Crippen LogP contribution in [0.3, 0.4) is 0 Å². The fraction of sp³-hybridized carbons (Fsp3) is 0.162. The maximum Gasteiger partial charge on any atom is 0.494 e. The van der Waals surface area contributed by atoms with Crippen LogP contribution in [-0.4, -0.2) is 33.3 Å². The molecule has 0 aliphatic carbocycles. The Morgan fingerprint density at radius 1 is 0.465 bits per heavy atom. The van der Waals surface area contributed by atoms with Gasteiger partial charge in [-0.05, 0) is 55.1 Å². The summed E-state index contributed by atoms with van der Waals surface area (Å²) in [6.07, 6.45) is 0. The van der Waals surface area contributed by atoms with Crippen LogP contribution < -0.4 is 5.46 Å². The molecule has 7 rings (SSSR count). The van der Waals surface area contributed by atoms with E-state index >= 15 is 0 Å². The summed E-state index contributed by atoms with van der Waals surface area (Å²) in [5, 5.41) is 2.46. The standard InChI is InChI=1S/C37H32BN3O2/c1-36(2)37(3,4)43-38(42-36)30-23-21-29(22-24-30)35-40-33(27-12-6-5-7-13-27)39-34(41-35)28-19-17-26(18-20-28)32-16-10-14-25-11-8-9-15-31(25)32/h5-24H,1-4H3. The van der Waals surface area contributed by atoms with Gasteiger partial charge in [0.1, 0.15) is 0 Å². The maximum absolute atomic E-state index is 6.25. The van der Waals surface area contributed by atoms with Crippen molar-refractivity contribution in [3.8, 4) is 45.3 Å². The van der Waals surface area contributed by atoms with Gasteiger partial charge in [0.25, 0.3) is 0 Å². The number of benzene rings is 5. The van der Waals surface area contributed by atoms with Gasteiger partial charge >= 0.3 is 7.12 Å². The zero-order chi connectivity index (χ0) is 29.6. The summed E-state index contributed by atoms with van der Waals surface area (Å²) in [4.78, 5) is 14.7. The number of aromatic nitrogens is 3. The van der Waals surface area contributed by atoms with Gasteiger partial charge in [-0.3, -0.25) is 0 Å². The van der Waals surface area contributed by atoms with Crippen LogP contribution in [0.25, 0.3) is 56.1 Å². The predicted octanol–water partition coefficient (Wildman–Crippen LogP) is 7.99. The monoisotopic (exact) mass is 561 g/mol. The van der Waals surface area contributed by atoms with E-state index in [1.807, 2.05) is 54.6 Å². The highest BCUT2D eigenvalue weighted by Gasteiger charge is 2.51. The zero-order valence-electron chi connectivity index (χ0n) is 24.8. The third kappa shape index (κ3) is 5.14. The van der Waals surface area contributed by atoms with E-state index in [2.05, 4.69) is 94.4 Å². The van der Waals surface area contributed by atoms with Crippen molar-refractivity contribution in [3.63, 3.8) is 0 Å². The molecule has 1 saturated heterocycles. The van der Waals surface area contributed by atoms with Gasteiger partial charge in [0, 0.05) is 16.7 Å². The second-order valence-electron chi connectivity index (χ2n) is 12.0. The molecule has 6 aromatic rings. The molecule has 0 atom stereocenters. The average molecular weight is 561 g/mol. The molecule has 0 radical (unpaired) electrons. The number of rotatable bonds is 5. The van der Waals surface area contributed by atoms with Crippen LogP contribution in [0.1, 0.15) is 27.7 Å². The Morgan fingerprint density at radius 3 is 1.53 bits per heavy atom. The Labute approximate surface area is 252 Å². The molecule has 0 amide bonds. The molecule has 1 fully saturated rings. The van der Waals surface area contributed by atoms with E-state index in [-0.39, 0.29) is 0 Å². The highest BCUT2D eigenvalue weighted by atomic mass is 16.7. The fourth-order valence-electron chi connectivity index (χ4n) is 5.39. The van der Waals surface area contributed by atoms with E-state index in [0.29, 0.717) is 17.5 Å². The molecule has 5 aromatic carbocycles. The van der Waals surface area contributed by atoms with Gasteiger partial charge in [0.05, 0.1) is 11.2 Å². The molecule has 0 spiro atoms. The molecule has 6 heteroatoms. The van der Waals surface area contributed by atoms with Gasteiger partial charge in [-0.1, -0.05) is 121 Å². The van der Waals surface area contributed by atoms with Crippen molar-refractivity contribution >= 4 is 23.4 Å². The molecule has 210 valence electrons. The molecule has 0 saturated carbocycles. The molecule has 0 bridgehead atoms. The minimum absolute atomic E-state index is 0.396. The first-order chi connectivity index (χ1) is 20.8. The van der Waals surface area contributed by atoms with E-state index in [4.69, 9.17) is 24.3 Å².